The van der Waals surface area contributed by atoms with Gasteiger partial charge in [0, 0.05) is 24.7 Å². The van der Waals surface area contributed by atoms with E-state index in [-0.39, 0.29) is 30.6 Å². The summed E-state index contributed by atoms with van der Waals surface area (Å²) in [6.45, 7) is 2.23. The third-order valence-corrected chi connectivity index (χ3v) is 3.26. The number of benzene rings is 1. The lowest BCUT2D eigenvalue weighted by Gasteiger charge is -2.08. The van der Waals surface area contributed by atoms with Gasteiger partial charge in [0.25, 0.3) is 5.91 Å². The van der Waals surface area contributed by atoms with Gasteiger partial charge in [-0.2, -0.15) is 0 Å². The molecule has 0 spiro atoms. The molecule has 6 heteroatoms. The topological polar surface area (TPSA) is 71.1 Å². The Balaban J connectivity index is 1.73. The van der Waals surface area contributed by atoms with Crippen molar-refractivity contribution in [2.24, 2.45) is 0 Å². The second kappa shape index (κ2) is 8.03. The summed E-state index contributed by atoms with van der Waals surface area (Å²) >= 11 is 0. The molecular formula is C17H18FN3O2. The van der Waals surface area contributed by atoms with E-state index < -0.39 is 0 Å². The van der Waals surface area contributed by atoms with Crippen molar-refractivity contribution in [3.63, 3.8) is 0 Å². The maximum Gasteiger partial charge on any atom is 0.251 e. The number of carbonyl (C=O) groups excluding carboxylic acids is 2. The summed E-state index contributed by atoms with van der Waals surface area (Å²) in [6.07, 6.45) is 1.82. The average molecular weight is 315 g/mol. The zero-order valence-corrected chi connectivity index (χ0v) is 12.8. The van der Waals surface area contributed by atoms with Gasteiger partial charge in [-0.05, 0) is 42.8 Å². The Morgan fingerprint density at radius 1 is 1.17 bits per heavy atom. The number of halogens is 1. The number of nitrogens with zero attached hydrogens (tertiary/aromatic N) is 1. The van der Waals surface area contributed by atoms with Gasteiger partial charge in [-0.25, -0.2) is 4.39 Å². The summed E-state index contributed by atoms with van der Waals surface area (Å²) < 4.78 is 13.0. The minimum absolute atomic E-state index is 0.165. The standard InChI is InChI=1S/C17H18FN3O2/c1-12-10-13(18)5-6-15(12)17(23)20-9-7-16(22)21-11-14-4-2-3-8-19-14/h2-6,8,10H,7,9,11H2,1H3,(H,20,23)(H,21,22). The zero-order valence-electron chi connectivity index (χ0n) is 12.8. The predicted octanol–water partition coefficient (Wildman–Crippen LogP) is 1.97. The molecule has 1 aromatic carbocycles. The van der Waals surface area contributed by atoms with E-state index in [2.05, 4.69) is 15.6 Å². The monoisotopic (exact) mass is 315 g/mol. The van der Waals surface area contributed by atoms with E-state index in [1.807, 2.05) is 12.1 Å². The van der Waals surface area contributed by atoms with Gasteiger partial charge in [0.15, 0.2) is 0 Å². The predicted molar refractivity (Wildman–Crippen MR) is 84.2 cm³/mol. The average Bonchev–Trinajstić information content (AvgIpc) is 2.53. The highest BCUT2D eigenvalue weighted by Crippen LogP contribution is 2.09. The highest BCUT2D eigenvalue weighted by Gasteiger charge is 2.10. The van der Waals surface area contributed by atoms with Crippen LogP contribution in [0, 0.1) is 12.7 Å². The summed E-state index contributed by atoms with van der Waals surface area (Å²) in [5.41, 5.74) is 1.73. The molecule has 2 amide bonds. The Labute approximate surface area is 133 Å². The van der Waals surface area contributed by atoms with Gasteiger partial charge in [0.1, 0.15) is 5.82 Å². The first-order valence-electron chi connectivity index (χ1n) is 7.27. The van der Waals surface area contributed by atoms with Crippen LogP contribution in [0.2, 0.25) is 0 Å². The molecule has 0 atom stereocenters. The largest absolute Gasteiger partial charge is 0.352 e. The Bertz CT molecular complexity index is 689. The first-order chi connectivity index (χ1) is 11.1. The van der Waals surface area contributed by atoms with Crippen molar-refractivity contribution in [1.82, 2.24) is 15.6 Å². The summed E-state index contributed by atoms with van der Waals surface area (Å²) in [4.78, 5) is 27.8. The molecule has 5 nitrogen and oxygen atoms in total. The Kier molecular flexibility index (Phi) is 5.80. The third-order valence-electron chi connectivity index (χ3n) is 3.26. The molecule has 1 aromatic heterocycles. The van der Waals surface area contributed by atoms with Crippen LogP contribution < -0.4 is 10.6 Å². The number of rotatable bonds is 6. The first kappa shape index (κ1) is 16.6. The molecule has 120 valence electrons. The fourth-order valence-corrected chi connectivity index (χ4v) is 2.05. The van der Waals surface area contributed by atoms with Gasteiger partial charge in [0.05, 0.1) is 12.2 Å². The Morgan fingerprint density at radius 2 is 2.00 bits per heavy atom. The van der Waals surface area contributed by atoms with Crippen LogP contribution in [0.1, 0.15) is 28.0 Å². The normalized spacial score (nSPS) is 10.2. The summed E-state index contributed by atoms with van der Waals surface area (Å²) in [5.74, 6) is -0.875. The van der Waals surface area contributed by atoms with Crippen molar-refractivity contribution in [3.05, 3.63) is 65.2 Å². The Hall–Kier alpha value is -2.76. The van der Waals surface area contributed by atoms with Gasteiger partial charge in [0.2, 0.25) is 5.91 Å². The van der Waals surface area contributed by atoms with Crippen LogP contribution in [0.5, 0.6) is 0 Å². The van der Waals surface area contributed by atoms with Gasteiger partial charge in [-0.1, -0.05) is 6.07 Å². The lowest BCUT2D eigenvalue weighted by atomic mass is 10.1. The SMILES string of the molecule is Cc1cc(F)ccc1C(=O)NCCC(=O)NCc1ccccn1. The van der Waals surface area contributed by atoms with Crippen LogP contribution in [-0.2, 0) is 11.3 Å². The molecule has 0 aliphatic rings. The number of nitrogens with one attached hydrogen (secondary N) is 2. The molecule has 1 heterocycles. The van der Waals surface area contributed by atoms with Crippen molar-refractivity contribution < 1.29 is 14.0 Å². The first-order valence-corrected chi connectivity index (χ1v) is 7.27. The molecule has 0 aliphatic carbocycles. The number of aromatic nitrogens is 1. The van der Waals surface area contributed by atoms with Crippen molar-refractivity contribution >= 4 is 11.8 Å². The highest BCUT2D eigenvalue weighted by atomic mass is 19.1. The number of pyridine rings is 1. The van der Waals surface area contributed by atoms with E-state index in [1.165, 1.54) is 18.2 Å². The summed E-state index contributed by atoms with van der Waals surface area (Å²) in [6, 6.07) is 9.44. The number of amides is 2. The van der Waals surface area contributed by atoms with Gasteiger partial charge in [-0.3, -0.25) is 14.6 Å². The minimum atomic E-state index is -0.382. The van der Waals surface area contributed by atoms with Crippen LogP contribution in [0.15, 0.2) is 42.6 Å². The number of aryl methyl sites for hydroxylation is 1. The van der Waals surface area contributed by atoms with E-state index in [4.69, 9.17) is 0 Å². The van der Waals surface area contributed by atoms with Crippen LogP contribution in [0.3, 0.4) is 0 Å². The fraction of sp³-hybridized carbons (Fsp3) is 0.235. The summed E-state index contributed by atoms with van der Waals surface area (Å²) in [7, 11) is 0. The van der Waals surface area contributed by atoms with E-state index in [0.29, 0.717) is 17.7 Å². The molecule has 2 N–H and O–H groups in total. The molecule has 0 saturated heterocycles. The highest BCUT2D eigenvalue weighted by molar-refractivity contribution is 5.95. The third kappa shape index (κ3) is 5.18. The smallest absolute Gasteiger partial charge is 0.251 e. The molecular weight excluding hydrogens is 297 g/mol. The number of carbonyl (C=O) groups is 2. The molecule has 0 fully saturated rings. The van der Waals surface area contributed by atoms with E-state index in [1.54, 1.807) is 19.2 Å². The second-order valence-electron chi connectivity index (χ2n) is 5.06. The molecule has 0 aliphatic heterocycles. The molecule has 2 rings (SSSR count). The second-order valence-corrected chi connectivity index (χ2v) is 5.06. The van der Waals surface area contributed by atoms with E-state index in [0.717, 1.165) is 5.69 Å². The van der Waals surface area contributed by atoms with Gasteiger partial charge >= 0.3 is 0 Å². The summed E-state index contributed by atoms with van der Waals surface area (Å²) in [5, 5.41) is 5.38. The van der Waals surface area contributed by atoms with Gasteiger partial charge < -0.3 is 10.6 Å². The zero-order chi connectivity index (χ0) is 16.7. The maximum atomic E-state index is 13.0. The molecule has 2 aromatic rings. The number of hydrogen-bond acceptors (Lipinski definition) is 3. The van der Waals surface area contributed by atoms with Crippen LogP contribution in [0.25, 0.3) is 0 Å². The number of hydrogen-bond donors (Lipinski definition) is 2. The lowest BCUT2D eigenvalue weighted by molar-refractivity contribution is -0.121. The van der Waals surface area contributed by atoms with E-state index in [9.17, 15) is 14.0 Å². The fourth-order valence-electron chi connectivity index (χ4n) is 2.05. The van der Waals surface area contributed by atoms with Crippen molar-refractivity contribution in [3.8, 4) is 0 Å². The van der Waals surface area contributed by atoms with Crippen LogP contribution in [0.4, 0.5) is 4.39 Å². The molecule has 0 radical (unpaired) electrons. The lowest BCUT2D eigenvalue weighted by Crippen LogP contribution is -2.31. The van der Waals surface area contributed by atoms with Crippen LogP contribution >= 0.6 is 0 Å². The Morgan fingerprint density at radius 3 is 2.70 bits per heavy atom. The van der Waals surface area contributed by atoms with Crippen molar-refractivity contribution in [1.29, 1.82) is 0 Å². The van der Waals surface area contributed by atoms with Gasteiger partial charge in [-0.15, -0.1) is 0 Å². The van der Waals surface area contributed by atoms with Crippen LogP contribution in [-0.4, -0.2) is 23.3 Å². The quantitative estimate of drug-likeness (QED) is 0.856. The molecule has 0 bridgehead atoms. The van der Waals surface area contributed by atoms with Crippen molar-refractivity contribution in [2.75, 3.05) is 6.54 Å². The maximum absolute atomic E-state index is 13.0. The molecule has 0 unspecified atom stereocenters. The van der Waals surface area contributed by atoms with Crippen molar-refractivity contribution in [2.45, 2.75) is 19.9 Å². The molecule has 0 saturated carbocycles. The molecule has 23 heavy (non-hydrogen) atoms. The van der Waals surface area contributed by atoms with E-state index >= 15 is 0 Å². The minimum Gasteiger partial charge on any atom is -0.352 e.